The number of thiazole rings is 1. The highest BCUT2D eigenvalue weighted by Gasteiger charge is 2.15. The molecule has 0 bridgehead atoms. The molecule has 1 amide bonds. The predicted molar refractivity (Wildman–Crippen MR) is 88.3 cm³/mol. The van der Waals surface area contributed by atoms with Crippen molar-refractivity contribution >= 4 is 64.5 Å². The van der Waals surface area contributed by atoms with Gasteiger partial charge in [-0.1, -0.05) is 57.0 Å². The van der Waals surface area contributed by atoms with Gasteiger partial charge >= 0.3 is 0 Å². The molecule has 1 N–H and O–H groups in total. The molecule has 2 aromatic rings. The number of rotatable bonds is 4. The third kappa shape index (κ3) is 3.35. The molecule has 102 valence electrons. The molecule has 1 aromatic heterocycles. The highest BCUT2D eigenvalue weighted by molar-refractivity contribution is 9.10. The number of benzene rings is 1. The Morgan fingerprint density at radius 2 is 2.21 bits per heavy atom. The zero-order valence-corrected chi connectivity index (χ0v) is 14.7. The summed E-state index contributed by atoms with van der Waals surface area (Å²) < 4.78 is 2.13. The van der Waals surface area contributed by atoms with E-state index < -0.39 is 0 Å². The molecule has 1 atom stereocenters. The van der Waals surface area contributed by atoms with E-state index in [9.17, 15) is 4.79 Å². The van der Waals surface area contributed by atoms with E-state index in [0.717, 1.165) is 27.5 Å². The van der Waals surface area contributed by atoms with Crippen LogP contribution in [0.3, 0.4) is 0 Å². The number of aromatic nitrogens is 1. The van der Waals surface area contributed by atoms with Crippen molar-refractivity contribution in [2.45, 2.75) is 31.5 Å². The maximum absolute atomic E-state index is 11.8. The number of aryl methyl sites for hydroxylation is 1. The van der Waals surface area contributed by atoms with Gasteiger partial charge in [0.1, 0.15) is 0 Å². The van der Waals surface area contributed by atoms with Gasteiger partial charge in [-0.3, -0.25) is 4.79 Å². The van der Waals surface area contributed by atoms with Crippen LogP contribution in [0.15, 0.2) is 16.6 Å². The second-order valence-corrected chi connectivity index (χ2v) is 7.20. The second-order valence-electron chi connectivity index (χ2n) is 4.15. The number of amides is 1. The highest BCUT2D eigenvalue weighted by atomic mass is 79.9. The summed E-state index contributed by atoms with van der Waals surface area (Å²) in [5, 5.41) is 3.52. The molecule has 0 fully saturated rings. The highest BCUT2D eigenvalue weighted by Crippen LogP contribution is 2.32. The molecule has 2 rings (SSSR count). The number of alkyl halides is 1. The number of nitrogens with zero attached hydrogens (tertiary/aromatic N) is 1. The number of carbonyl (C=O) groups excluding carboxylic acids is 1. The van der Waals surface area contributed by atoms with Gasteiger partial charge in [0.05, 0.1) is 15.0 Å². The minimum absolute atomic E-state index is 0.0429. The first kappa shape index (κ1) is 14.9. The van der Waals surface area contributed by atoms with E-state index >= 15 is 0 Å². The van der Waals surface area contributed by atoms with E-state index in [0.29, 0.717) is 5.13 Å². The van der Waals surface area contributed by atoms with Gasteiger partial charge in [0.15, 0.2) is 5.13 Å². The molecular weight excluding hydrogens is 392 g/mol. The summed E-state index contributed by atoms with van der Waals surface area (Å²) in [5.41, 5.74) is 2.17. The lowest BCUT2D eigenvalue weighted by molar-refractivity contribution is -0.115. The van der Waals surface area contributed by atoms with Crippen molar-refractivity contribution in [1.82, 2.24) is 4.98 Å². The zero-order valence-electron chi connectivity index (χ0n) is 10.7. The minimum Gasteiger partial charge on any atom is -0.301 e. The van der Waals surface area contributed by atoms with Crippen molar-refractivity contribution in [3.05, 3.63) is 22.2 Å². The third-order valence-corrected chi connectivity index (χ3v) is 5.23. The molecule has 1 heterocycles. The van der Waals surface area contributed by atoms with Crippen molar-refractivity contribution in [2.24, 2.45) is 0 Å². The molecule has 0 aliphatic carbocycles. The SMILES string of the molecule is CCc1cc(Br)cc2sc(NC(=O)[C@H](Br)CC)nc12. The van der Waals surface area contributed by atoms with Crippen LogP contribution in [0, 0.1) is 0 Å². The lowest BCUT2D eigenvalue weighted by atomic mass is 10.1. The van der Waals surface area contributed by atoms with Crippen molar-refractivity contribution in [2.75, 3.05) is 5.32 Å². The van der Waals surface area contributed by atoms with Crippen molar-refractivity contribution < 1.29 is 4.79 Å². The zero-order chi connectivity index (χ0) is 14.0. The quantitative estimate of drug-likeness (QED) is 0.746. The van der Waals surface area contributed by atoms with E-state index in [-0.39, 0.29) is 10.7 Å². The number of carbonyl (C=O) groups is 1. The monoisotopic (exact) mass is 404 g/mol. The molecule has 0 unspecified atom stereocenters. The molecule has 0 aliphatic heterocycles. The van der Waals surface area contributed by atoms with Crippen molar-refractivity contribution in [3.63, 3.8) is 0 Å². The van der Waals surface area contributed by atoms with Gasteiger partial charge < -0.3 is 5.32 Å². The summed E-state index contributed by atoms with van der Waals surface area (Å²) in [6, 6.07) is 4.11. The standard InChI is InChI=1S/C13H14Br2N2OS/c1-3-7-5-8(14)6-10-11(7)16-13(19-10)17-12(18)9(15)4-2/h5-6,9H,3-4H2,1-2H3,(H,16,17,18)/t9-/m1/s1. The van der Waals surface area contributed by atoms with Crippen LogP contribution in [0.25, 0.3) is 10.2 Å². The van der Waals surface area contributed by atoms with Gasteiger partial charge in [-0.15, -0.1) is 0 Å². The lowest BCUT2D eigenvalue weighted by Gasteiger charge is -2.04. The Kier molecular flexibility index (Phi) is 4.97. The van der Waals surface area contributed by atoms with Crippen LogP contribution < -0.4 is 5.32 Å². The third-order valence-electron chi connectivity index (χ3n) is 2.79. The lowest BCUT2D eigenvalue weighted by Crippen LogP contribution is -2.21. The molecule has 0 saturated carbocycles. The number of halogens is 2. The van der Waals surface area contributed by atoms with Gasteiger partial charge in [-0.05, 0) is 30.5 Å². The first-order chi connectivity index (χ1) is 9.05. The number of nitrogens with one attached hydrogen (secondary N) is 1. The summed E-state index contributed by atoms with van der Waals surface area (Å²) in [6.07, 6.45) is 1.67. The predicted octanol–water partition coefficient (Wildman–Crippen LogP) is 4.73. The Bertz CT molecular complexity index is 612. The Hall–Kier alpha value is -0.460. The Balaban J connectivity index is 2.34. The van der Waals surface area contributed by atoms with E-state index in [2.05, 4.69) is 55.2 Å². The fourth-order valence-electron chi connectivity index (χ4n) is 1.75. The number of anilines is 1. The van der Waals surface area contributed by atoms with Crippen LogP contribution in [0.5, 0.6) is 0 Å². The Morgan fingerprint density at radius 3 is 2.84 bits per heavy atom. The van der Waals surface area contributed by atoms with Crippen LogP contribution in [0.4, 0.5) is 5.13 Å². The van der Waals surface area contributed by atoms with E-state index in [4.69, 9.17) is 0 Å². The summed E-state index contributed by atoms with van der Waals surface area (Å²) >= 11 is 8.35. The number of hydrogen-bond donors (Lipinski definition) is 1. The van der Waals surface area contributed by atoms with E-state index in [1.54, 1.807) is 0 Å². The minimum atomic E-state index is -0.170. The molecule has 19 heavy (non-hydrogen) atoms. The smallest absolute Gasteiger partial charge is 0.239 e. The first-order valence-electron chi connectivity index (χ1n) is 6.09. The Labute approximate surface area is 133 Å². The fraction of sp³-hybridized carbons (Fsp3) is 0.385. The normalized spacial score (nSPS) is 12.6. The Morgan fingerprint density at radius 1 is 1.47 bits per heavy atom. The summed E-state index contributed by atoms with van der Waals surface area (Å²) in [6.45, 7) is 4.06. The average molecular weight is 406 g/mol. The van der Waals surface area contributed by atoms with Gasteiger partial charge in [0.2, 0.25) is 5.91 Å². The van der Waals surface area contributed by atoms with Gasteiger partial charge in [0, 0.05) is 4.47 Å². The van der Waals surface area contributed by atoms with Gasteiger partial charge in [-0.25, -0.2) is 4.98 Å². The summed E-state index contributed by atoms with van der Waals surface area (Å²) in [7, 11) is 0. The van der Waals surface area contributed by atoms with Crippen LogP contribution >= 0.6 is 43.2 Å². The molecule has 0 radical (unpaired) electrons. The van der Waals surface area contributed by atoms with Crippen LogP contribution in [0.2, 0.25) is 0 Å². The fourth-order valence-corrected chi connectivity index (χ4v) is 3.48. The molecule has 0 spiro atoms. The molecule has 0 aliphatic rings. The van der Waals surface area contributed by atoms with Crippen LogP contribution in [-0.2, 0) is 11.2 Å². The van der Waals surface area contributed by atoms with Gasteiger partial charge in [-0.2, -0.15) is 0 Å². The maximum atomic E-state index is 11.8. The largest absolute Gasteiger partial charge is 0.301 e. The average Bonchev–Trinajstić information content (AvgIpc) is 2.78. The first-order valence-corrected chi connectivity index (χ1v) is 8.61. The summed E-state index contributed by atoms with van der Waals surface area (Å²) in [5.74, 6) is -0.0429. The number of hydrogen-bond acceptors (Lipinski definition) is 3. The molecule has 1 aromatic carbocycles. The molecule has 3 nitrogen and oxygen atoms in total. The van der Waals surface area contributed by atoms with Crippen LogP contribution in [-0.4, -0.2) is 15.7 Å². The summed E-state index contributed by atoms with van der Waals surface area (Å²) in [4.78, 5) is 16.2. The van der Waals surface area contributed by atoms with Gasteiger partial charge in [0.25, 0.3) is 0 Å². The molecule has 0 saturated heterocycles. The second kappa shape index (κ2) is 6.33. The van der Waals surface area contributed by atoms with Crippen molar-refractivity contribution in [3.8, 4) is 0 Å². The maximum Gasteiger partial charge on any atom is 0.239 e. The van der Waals surface area contributed by atoms with E-state index in [1.807, 2.05) is 13.0 Å². The molecule has 6 heteroatoms. The number of fused-ring (bicyclic) bond motifs is 1. The molecular formula is C13H14Br2N2OS. The van der Waals surface area contributed by atoms with Crippen molar-refractivity contribution in [1.29, 1.82) is 0 Å². The van der Waals surface area contributed by atoms with E-state index in [1.165, 1.54) is 16.9 Å². The topological polar surface area (TPSA) is 42.0 Å². The van der Waals surface area contributed by atoms with Crippen LogP contribution in [0.1, 0.15) is 25.8 Å².